The van der Waals surface area contributed by atoms with Gasteiger partial charge in [0, 0.05) is 19.1 Å². The fraction of sp³-hybridized carbons (Fsp3) is 0.263. The van der Waals surface area contributed by atoms with Gasteiger partial charge in [0.15, 0.2) is 5.58 Å². The van der Waals surface area contributed by atoms with Gasteiger partial charge in [0.05, 0.1) is 11.1 Å². The first kappa shape index (κ1) is 15.6. The monoisotopic (exact) mass is 340 g/mol. The van der Waals surface area contributed by atoms with Crippen molar-refractivity contribution in [2.75, 3.05) is 13.1 Å². The second-order valence-corrected chi connectivity index (χ2v) is 6.21. The number of nitrogens with zero attached hydrogens (tertiary/aromatic N) is 2. The van der Waals surface area contributed by atoms with Crippen molar-refractivity contribution in [3.05, 3.63) is 70.5 Å². The van der Waals surface area contributed by atoms with Gasteiger partial charge in [-0.2, -0.15) is 0 Å². The second-order valence-electron chi connectivity index (χ2n) is 6.21. The van der Waals surface area contributed by atoms with E-state index in [1.54, 1.807) is 27.7 Å². The summed E-state index contributed by atoms with van der Waals surface area (Å²) in [5.41, 5.74) is 1.43. The Bertz CT molecular complexity index is 983. The van der Waals surface area contributed by atoms with E-state index in [-0.39, 0.29) is 23.3 Å². The number of piperidine rings is 1. The molecule has 1 amide bonds. The highest BCUT2D eigenvalue weighted by Gasteiger charge is 2.28. The summed E-state index contributed by atoms with van der Waals surface area (Å²) in [7, 11) is 0. The van der Waals surface area contributed by atoms with Crippen LogP contribution >= 0.6 is 0 Å². The van der Waals surface area contributed by atoms with Gasteiger partial charge in [-0.3, -0.25) is 9.36 Å². The third kappa shape index (κ3) is 2.73. The Hall–Kier alpha value is -2.89. The third-order valence-electron chi connectivity index (χ3n) is 4.74. The van der Waals surface area contributed by atoms with E-state index in [2.05, 4.69) is 0 Å². The highest BCUT2D eigenvalue weighted by Crippen LogP contribution is 2.26. The molecule has 0 saturated carbocycles. The van der Waals surface area contributed by atoms with E-state index in [4.69, 9.17) is 4.42 Å². The first-order valence-electron chi connectivity index (χ1n) is 8.29. The van der Waals surface area contributed by atoms with Crippen molar-refractivity contribution in [3.8, 4) is 0 Å². The molecule has 1 aromatic heterocycles. The lowest BCUT2D eigenvalue weighted by molar-refractivity contribution is 0.0689. The summed E-state index contributed by atoms with van der Waals surface area (Å²) in [6.45, 7) is 0.952. The topological polar surface area (TPSA) is 55.5 Å². The van der Waals surface area contributed by atoms with Crippen molar-refractivity contribution in [2.45, 2.75) is 18.9 Å². The number of oxazole rings is 1. The number of carbonyl (C=O) groups is 1. The molecule has 2 heterocycles. The number of rotatable bonds is 2. The average molecular weight is 340 g/mol. The highest BCUT2D eigenvalue weighted by molar-refractivity contribution is 5.94. The predicted molar refractivity (Wildman–Crippen MR) is 91.0 cm³/mol. The van der Waals surface area contributed by atoms with Gasteiger partial charge >= 0.3 is 5.76 Å². The molecule has 1 aliphatic heterocycles. The van der Waals surface area contributed by atoms with E-state index in [0.717, 1.165) is 5.52 Å². The van der Waals surface area contributed by atoms with Crippen LogP contribution in [0.5, 0.6) is 0 Å². The number of hydrogen-bond acceptors (Lipinski definition) is 3. The number of fused-ring (bicyclic) bond motifs is 1. The minimum atomic E-state index is -0.508. The van der Waals surface area contributed by atoms with Crippen molar-refractivity contribution in [1.29, 1.82) is 0 Å². The average Bonchev–Trinajstić information content (AvgIpc) is 2.97. The van der Waals surface area contributed by atoms with Crippen molar-refractivity contribution in [1.82, 2.24) is 9.47 Å². The molecule has 128 valence electrons. The number of likely N-dealkylation sites (tertiary alicyclic amines) is 1. The third-order valence-corrected chi connectivity index (χ3v) is 4.74. The van der Waals surface area contributed by atoms with Gasteiger partial charge in [0.1, 0.15) is 5.82 Å². The maximum Gasteiger partial charge on any atom is 0.420 e. The molecule has 0 unspecified atom stereocenters. The second kappa shape index (κ2) is 6.20. The van der Waals surface area contributed by atoms with Crippen LogP contribution in [-0.4, -0.2) is 28.5 Å². The molecule has 5 nitrogen and oxygen atoms in total. The Morgan fingerprint density at radius 1 is 1.04 bits per heavy atom. The van der Waals surface area contributed by atoms with Crippen LogP contribution in [0, 0.1) is 5.82 Å². The molecule has 6 heteroatoms. The Morgan fingerprint density at radius 2 is 1.72 bits per heavy atom. The first-order valence-corrected chi connectivity index (χ1v) is 8.29. The van der Waals surface area contributed by atoms with Gasteiger partial charge < -0.3 is 9.32 Å². The molecular formula is C19H17FN2O3. The van der Waals surface area contributed by atoms with Crippen molar-refractivity contribution >= 4 is 17.0 Å². The van der Waals surface area contributed by atoms with E-state index in [0.29, 0.717) is 31.5 Å². The quantitative estimate of drug-likeness (QED) is 0.720. The summed E-state index contributed by atoms with van der Waals surface area (Å²) in [5, 5.41) is 0. The van der Waals surface area contributed by atoms with Crippen molar-refractivity contribution in [3.63, 3.8) is 0 Å². The largest absolute Gasteiger partial charge is 0.420 e. The zero-order chi connectivity index (χ0) is 17.4. The maximum atomic E-state index is 13.8. The summed E-state index contributed by atoms with van der Waals surface area (Å²) >= 11 is 0. The summed E-state index contributed by atoms with van der Waals surface area (Å²) < 4.78 is 20.8. The number of hydrogen-bond donors (Lipinski definition) is 0. The molecule has 0 spiro atoms. The Balaban J connectivity index is 1.54. The molecule has 0 bridgehead atoms. The van der Waals surface area contributed by atoms with Crippen LogP contribution in [0.25, 0.3) is 11.1 Å². The normalized spacial score (nSPS) is 15.6. The fourth-order valence-corrected chi connectivity index (χ4v) is 3.46. The lowest BCUT2D eigenvalue weighted by atomic mass is 10.0. The van der Waals surface area contributed by atoms with Crippen LogP contribution in [0.3, 0.4) is 0 Å². The van der Waals surface area contributed by atoms with Crippen molar-refractivity contribution < 1.29 is 13.6 Å². The van der Waals surface area contributed by atoms with Gasteiger partial charge in [-0.1, -0.05) is 24.3 Å². The molecule has 4 rings (SSSR count). The maximum absolute atomic E-state index is 13.8. The lowest BCUT2D eigenvalue weighted by Crippen LogP contribution is -2.40. The minimum Gasteiger partial charge on any atom is -0.408 e. The zero-order valence-electron chi connectivity index (χ0n) is 13.5. The van der Waals surface area contributed by atoms with Crippen LogP contribution in [0.4, 0.5) is 4.39 Å². The van der Waals surface area contributed by atoms with Gasteiger partial charge in [0.25, 0.3) is 5.91 Å². The van der Waals surface area contributed by atoms with Crippen molar-refractivity contribution in [2.24, 2.45) is 0 Å². The van der Waals surface area contributed by atoms with Gasteiger partial charge in [0.2, 0.25) is 0 Å². The SMILES string of the molecule is O=C(c1ccccc1F)N1CCC(n2c(=O)oc3ccccc32)CC1. The Morgan fingerprint density at radius 3 is 2.48 bits per heavy atom. The summed E-state index contributed by atoms with van der Waals surface area (Å²) in [6.07, 6.45) is 1.26. The molecule has 2 aromatic carbocycles. The standard InChI is InChI=1S/C19H17FN2O3/c20-15-6-2-1-5-14(15)18(23)21-11-9-13(10-12-21)22-16-7-3-4-8-17(16)25-19(22)24/h1-8,13H,9-12H2. The fourth-order valence-electron chi connectivity index (χ4n) is 3.46. The molecule has 1 fully saturated rings. The first-order chi connectivity index (χ1) is 12.1. The van der Waals surface area contributed by atoms with E-state index >= 15 is 0 Å². The van der Waals surface area contributed by atoms with E-state index < -0.39 is 5.82 Å². The molecule has 1 saturated heterocycles. The molecule has 3 aromatic rings. The summed E-state index contributed by atoms with van der Waals surface area (Å²) in [4.78, 5) is 26.3. The van der Waals surface area contributed by atoms with Crippen LogP contribution < -0.4 is 5.76 Å². The molecule has 0 radical (unpaired) electrons. The highest BCUT2D eigenvalue weighted by atomic mass is 19.1. The van der Waals surface area contributed by atoms with Gasteiger partial charge in [-0.05, 0) is 37.1 Å². The van der Waals surface area contributed by atoms with E-state index in [9.17, 15) is 14.0 Å². The molecule has 0 N–H and O–H groups in total. The van der Waals surface area contributed by atoms with Crippen LogP contribution in [0.1, 0.15) is 29.2 Å². The lowest BCUT2D eigenvalue weighted by Gasteiger charge is -2.32. The molecule has 25 heavy (non-hydrogen) atoms. The number of amides is 1. The van der Waals surface area contributed by atoms with Gasteiger partial charge in [-0.25, -0.2) is 9.18 Å². The Kier molecular flexibility index (Phi) is 3.87. The molecule has 1 aliphatic rings. The van der Waals surface area contributed by atoms with E-state index in [1.807, 2.05) is 18.2 Å². The van der Waals surface area contributed by atoms with Crippen LogP contribution in [-0.2, 0) is 0 Å². The van der Waals surface area contributed by atoms with Gasteiger partial charge in [-0.15, -0.1) is 0 Å². The van der Waals surface area contributed by atoms with Crippen LogP contribution in [0.2, 0.25) is 0 Å². The zero-order valence-corrected chi connectivity index (χ0v) is 13.5. The number of aromatic nitrogens is 1. The molecule has 0 aliphatic carbocycles. The number of halogens is 1. The number of para-hydroxylation sites is 2. The minimum absolute atomic E-state index is 0.0270. The predicted octanol–water partition coefficient (Wildman–Crippen LogP) is 3.21. The smallest absolute Gasteiger partial charge is 0.408 e. The van der Waals surface area contributed by atoms with Crippen LogP contribution in [0.15, 0.2) is 57.7 Å². The summed E-state index contributed by atoms with van der Waals surface area (Å²) in [5.74, 6) is -1.19. The van der Waals surface area contributed by atoms with E-state index in [1.165, 1.54) is 12.1 Å². The molecular weight excluding hydrogens is 323 g/mol. The number of carbonyl (C=O) groups excluding carboxylic acids is 1. The number of benzene rings is 2. The summed E-state index contributed by atoms with van der Waals surface area (Å²) in [6, 6.07) is 13.3. The molecule has 0 atom stereocenters. The Labute approximate surface area is 143 Å².